The highest BCUT2D eigenvalue weighted by Crippen LogP contribution is 2.34. The van der Waals surface area contributed by atoms with E-state index in [9.17, 15) is 22.8 Å². The van der Waals surface area contributed by atoms with Crippen LogP contribution in [0.25, 0.3) is 21.1 Å². The van der Waals surface area contributed by atoms with Crippen molar-refractivity contribution >= 4 is 38.3 Å². The number of alkyl halides is 3. The summed E-state index contributed by atoms with van der Waals surface area (Å²) in [6.07, 6.45) is -4.04. The summed E-state index contributed by atoms with van der Waals surface area (Å²) in [7, 11) is 0. The molecule has 0 aliphatic rings. The van der Waals surface area contributed by atoms with Gasteiger partial charge >= 0.3 is 11.8 Å². The fraction of sp³-hybridized carbons (Fsp3) is 0.217. The molecule has 5 nitrogen and oxygen atoms in total. The fourth-order valence-corrected chi connectivity index (χ4v) is 4.48. The van der Waals surface area contributed by atoms with E-state index in [1.54, 1.807) is 11.3 Å². The van der Waals surface area contributed by atoms with Crippen molar-refractivity contribution in [3.05, 3.63) is 75.5 Å². The molecule has 0 aliphatic carbocycles. The Morgan fingerprint density at radius 2 is 1.94 bits per heavy atom. The summed E-state index contributed by atoms with van der Waals surface area (Å²) in [6, 6.07) is 11.9. The van der Waals surface area contributed by atoms with Crippen LogP contribution in [0.15, 0.2) is 63.1 Å². The second kappa shape index (κ2) is 8.66. The third-order valence-corrected chi connectivity index (χ3v) is 5.90. The second-order valence-corrected chi connectivity index (χ2v) is 8.26. The van der Waals surface area contributed by atoms with Crippen LogP contribution >= 0.6 is 11.3 Å². The number of benzene rings is 2. The molecule has 0 aliphatic heterocycles. The number of nitrogens with one attached hydrogen (secondary N) is 1. The average Bonchev–Trinajstić information content (AvgIpc) is 3.13. The smallest absolute Gasteiger partial charge is 0.417 e. The second-order valence-electron chi connectivity index (χ2n) is 7.35. The zero-order chi connectivity index (χ0) is 22.9. The van der Waals surface area contributed by atoms with Gasteiger partial charge < -0.3 is 14.5 Å². The molecule has 9 heteroatoms. The third kappa shape index (κ3) is 4.77. The molecule has 2 aromatic heterocycles. The van der Waals surface area contributed by atoms with Gasteiger partial charge in [0.25, 0.3) is 5.91 Å². The van der Waals surface area contributed by atoms with Gasteiger partial charge in [-0.3, -0.25) is 4.79 Å². The maximum atomic E-state index is 13.1. The summed E-state index contributed by atoms with van der Waals surface area (Å²) < 4.78 is 50.8. The summed E-state index contributed by atoms with van der Waals surface area (Å²) in [4.78, 5) is 23.8. The highest BCUT2D eigenvalue weighted by atomic mass is 32.1. The number of rotatable bonds is 6. The average molecular weight is 461 g/mol. The topological polar surface area (TPSA) is 68.5 Å². The van der Waals surface area contributed by atoms with Crippen LogP contribution in [0.2, 0.25) is 0 Å². The SMILES string of the molecule is C[C@H](Cc1csc2ccccc12)NC(=O)COc1ccc2c(C(F)(F)F)cc(=O)oc2c1. The number of thiophene rings is 1. The largest absolute Gasteiger partial charge is 0.484 e. The normalized spacial score (nSPS) is 12.8. The summed E-state index contributed by atoms with van der Waals surface area (Å²) >= 11 is 1.65. The Labute approximate surface area is 184 Å². The number of fused-ring (bicyclic) bond motifs is 2. The molecule has 32 heavy (non-hydrogen) atoms. The zero-order valence-corrected chi connectivity index (χ0v) is 17.7. The molecular weight excluding hydrogens is 443 g/mol. The van der Waals surface area contributed by atoms with Crippen LogP contribution in [-0.2, 0) is 17.4 Å². The van der Waals surface area contributed by atoms with Crippen LogP contribution in [0, 0.1) is 0 Å². The van der Waals surface area contributed by atoms with E-state index >= 15 is 0 Å². The lowest BCUT2D eigenvalue weighted by Crippen LogP contribution is -2.37. The van der Waals surface area contributed by atoms with Gasteiger partial charge in [0, 0.05) is 28.3 Å². The Kier molecular flexibility index (Phi) is 5.92. The molecule has 0 saturated heterocycles. The van der Waals surface area contributed by atoms with Crippen molar-refractivity contribution in [2.24, 2.45) is 0 Å². The minimum absolute atomic E-state index is 0.117. The number of carbonyl (C=O) groups is 1. The molecule has 0 spiro atoms. The Bertz CT molecular complexity index is 1340. The van der Waals surface area contributed by atoms with Gasteiger partial charge in [-0.1, -0.05) is 18.2 Å². The third-order valence-electron chi connectivity index (χ3n) is 4.89. The molecule has 1 amide bonds. The number of carbonyl (C=O) groups excluding carboxylic acids is 1. The van der Waals surface area contributed by atoms with Crippen molar-refractivity contribution in [1.29, 1.82) is 0 Å². The highest BCUT2D eigenvalue weighted by molar-refractivity contribution is 7.17. The Morgan fingerprint density at radius 3 is 2.72 bits per heavy atom. The fourth-order valence-electron chi connectivity index (χ4n) is 3.50. The Balaban J connectivity index is 1.39. The lowest BCUT2D eigenvalue weighted by molar-refractivity contribution is -0.136. The first-order valence-electron chi connectivity index (χ1n) is 9.73. The van der Waals surface area contributed by atoms with E-state index in [2.05, 4.69) is 10.7 Å². The van der Waals surface area contributed by atoms with Gasteiger partial charge in [0.1, 0.15) is 11.3 Å². The lowest BCUT2D eigenvalue weighted by Gasteiger charge is -2.14. The standard InChI is InChI=1S/C23H18F3NO4S/c1-13(8-14-12-32-20-5-3-2-4-16(14)20)27-21(28)11-30-15-6-7-17-18(23(24,25)26)10-22(29)31-19(17)9-15/h2-7,9-10,12-13H,8,11H2,1H3,(H,27,28)/t13-/m1/s1. The van der Waals surface area contributed by atoms with Gasteiger partial charge in [-0.2, -0.15) is 13.2 Å². The Hall–Kier alpha value is -3.33. The quantitative estimate of drug-likeness (QED) is 0.403. The van der Waals surface area contributed by atoms with E-state index in [-0.39, 0.29) is 35.3 Å². The molecular formula is C23H18F3NO4S. The van der Waals surface area contributed by atoms with E-state index in [0.717, 1.165) is 17.0 Å². The molecule has 0 saturated carbocycles. The van der Waals surface area contributed by atoms with Crippen molar-refractivity contribution < 1.29 is 27.1 Å². The molecule has 0 unspecified atom stereocenters. The summed E-state index contributed by atoms with van der Waals surface area (Å²) in [5, 5.41) is 5.82. The van der Waals surface area contributed by atoms with E-state index in [0.29, 0.717) is 12.5 Å². The van der Waals surface area contributed by atoms with Crippen LogP contribution < -0.4 is 15.7 Å². The monoisotopic (exact) mass is 461 g/mol. The highest BCUT2D eigenvalue weighted by Gasteiger charge is 2.33. The maximum Gasteiger partial charge on any atom is 0.417 e. The van der Waals surface area contributed by atoms with Crippen LogP contribution in [0.4, 0.5) is 13.2 Å². The number of hydrogen-bond acceptors (Lipinski definition) is 5. The summed E-state index contributed by atoms with van der Waals surface area (Å²) in [6.45, 7) is 1.55. The first-order chi connectivity index (χ1) is 15.2. The first kappa shape index (κ1) is 21.9. The molecule has 1 N–H and O–H groups in total. The predicted octanol–water partition coefficient (Wildman–Crippen LogP) is 5.15. The van der Waals surface area contributed by atoms with Crippen LogP contribution in [0.3, 0.4) is 0 Å². The molecule has 0 radical (unpaired) electrons. The molecule has 2 aromatic carbocycles. The van der Waals surface area contributed by atoms with Crippen molar-refractivity contribution in [3.8, 4) is 5.75 Å². The van der Waals surface area contributed by atoms with Crippen molar-refractivity contribution in [3.63, 3.8) is 0 Å². The maximum absolute atomic E-state index is 13.1. The van der Waals surface area contributed by atoms with Crippen LogP contribution in [0.1, 0.15) is 18.1 Å². The summed E-state index contributed by atoms with van der Waals surface area (Å²) in [5.41, 5.74) is -1.32. The van der Waals surface area contributed by atoms with Gasteiger partial charge in [-0.15, -0.1) is 11.3 Å². The number of amides is 1. The molecule has 4 aromatic rings. The molecule has 2 heterocycles. The van der Waals surface area contributed by atoms with Crippen LogP contribution in [0.5, 0.6) is 5.75 Å². The molecule has 0 fully saturated rings. The predicted molar refractivity (Wildman–Crippen MR) is 116 cm³/mol. The minimum atomic E-state index is -4.69. The molecule has 166 valence electrons. The van der Waals surface area contributed by atoms with E-state index < -0.39 is 17.4 Å². The van der Waals surface area contributed by atoms with Gasteiger partial charge in [-0.25, -0.2) is 4.79 Å². The number of hydrogen-bond donors (Lipinski definition) is 1. The van der Waals surface area contributed by atoms with E-state index in [4.69, 9.17) is 9.15 Å². The molecule has 1 atom stereocenters. The van der Waals surface area contributed by atoms with Gasteiger partial charge in [0.05, 0.1) is 5.56 Å². The number of ether oxygens (including phenoxy) is 1. The van der Waals surface area contributed by atoms with Crippen molar-refractivity contribution in [1.82, 2.24) is 5.32 Å². The number of halogens is 3. The summed E-state index contributed by atoms with van der Waals surface area (Å²) in [5.74, 6) is -0.255. The van der Waals surface area contributed by atoms with Gasteiger partial charge in [0.2, 0.25) is 0 Å². The first-order valence-corrected chi connectivity index (χ1v) is 10.6. The lowest BCUT2D eigenvalue weighted by atomic mass is 10.1. The van der Waals surface area contributed by atoms with Crippen LogP contribution in [-0.4, -0.2) is 18.6 Å². The molecule has 4 rings (SSSR count). The zero-order valence-electron chi connectivity index (χ0n) is 16.9. The van der Waals surface area contributed by atoms with Crippen molar-refractivity contribution in [2.45, 2.75) is 25.6 Å². The van der Waals surface area contributed by atoms with E-state index in [1.165, 1.54) is 16.8 Å². The Morgan fingerprint density at radius 1 is 1.16 bits per heavy atom. The van der Waals surface area contributed by atoms with Gasteiger partial charge in [0.15, 0.2) is 6.61 Å². The molecule has 0 bridgehead atoms. The van der Waals surface area contributed by atoms with Gasteiger partial charge in [-0.05, 0) is 47.9 Å². The van der Waals surface area contributed by atoms with E-state index in [1.807, 2.05) is 31.2 Å². The van der Waals surface area contributed by atoms with Crippen molar-refractivity contribution in [2.75, 3.05) is 6.61 Å². The minimum Gasteiger partial charge on any atom is -0.484 e.